The molecule has 0 spiro atoms. The zero-order valence-corrected chi connectivity index (χ0v) is 18.3. The maximum atomic E-state index is 10.3. The number of fused-ring (bicyclic) bond motifs is 1. The van der Waals surface area contributed by atoms with Gasteiger partial charge in [-0.25, -0.2) is 9.78 Å². The number of rotatable bonds is 11. The Morgan fingerprint density at radius 3 is 2.43 bits per heavy atom. The van der Waals surface area contributed by atoms with E-state index >= 15 is 0 Å². The average molecular weight is 433 g/mol. The summed E-state index contributed by atoms with van der Waals surface area (Å²) in [6, 6.07) is 14.0. The molecule has 2 aromatic carbocycles. The van der Waals surface area contributed by atoms with Crippen molar-refractivity contribution in [2.75, 3.05) is 45.4 Å². The van der Waals surface area contributed by atoms with Gasteiger partial charge in [-0.15, -0.1) is 11.3 Å². The maximum Gasteiger partial charge on any atom is 0.329 e. The first-order valence-electron chi connectivity index (χ1n) is 9.84. The van der Waals surface area contributed by atoms with Crippen molar-refractivity contribution in [3.63, 3.8) is 0 Å². The van der Waals surface area contributed by atoms with Crippen LogP contribution in [0.5, 0.6) is 5.75 Å². The second kappa shape index (κ2) is 12.8. The Bertz CT molecular complexity index is 912. The average Bonchev–Trinajstić information content (AvgIpc) is 3.20. The zero-order chi connectivity index (χ0) is 21.8. The summed E-state index contributed by atoms with van der Waals surface area (Å²) >= 11 is 1.63. The quantitative estimate of drug-likeness (QED) is 0.430. The van der Waals surface area contributed by atoms with Gasteiger partial charge < -0.3 is 24.6 Å². The summed E-state index contributed by atoms with van der Waals surface area (Å²) in [5, 5.41) is 12.5. The van der Waals surface area contributed by atoms with Crippen molar-refractivity contribution in [2.45, 2.75) is 13.8 Å². The number of benzene rings is 2. The number of anilines is 1. The molecule has 0 saturated carbocycles. The molecule has 8 heteroatoms. The summed E-state index contributed by atoms with van der Waals surface area (Å²) in [6.07, 6.45) is 0. The molecule has 30 heavy (non-hydrogen) atoms. The Hall–Kier alpha value is -2.68. The van der Waals surface area contributed by atoms with E-state index in [-0.39, 0.29) is 13.2 Å². The normalized spacial score (nSPS) is 10.4. The van der Waals surface area contributed by atoms with Crippen molar-refractivity contribution < 1.29 is 24.1 Å². The van der Waals surface area contributed by atoms with E-state index in [2.05, 4.69) is 17.4 Å². The van der Waals surface area contributed by atoms with Crippen LogP contribution in [0.1, 0.15) is 13.8 Å². The molecule has 0 aliphatic heterocycles. The first-order chi connectivity index (χ1) is 14.7. The Morgan fingerprint density at radius 1 is 1.03 bits per heavy atom. The van der Waals surface area contributed by atoms with Gasteiger partial charge in [0.05, 0.1) is 30.0 Å². The molecular formula is C22H28N2O5S. The van der Waals surface area contributed by atoms with Crippen molar-refractivity contribution in [2.24, 2.45) is 0 Å². The Kier molecular flexibility index (Phi) is 10.1. The van der Waals surface area contributed by atoms with Gasteiger partial charge in [-0.3, -0.25) is 0 Å². The lowest BCUT2D eigenvalue weighted by Crippen LogP contribution is -2.13. The third-order valence-corrected chi connectivity index (χ3v) is 4.94. The van der Waals surface area contributed by atoms with Crippen LogP contribution >= 0.6 is 11.3 Å². The highest BCUT2D eigenvalue weighted by Crippen LogP contribution is 2.32. The van der Waals surface area contributed by atoms with Crippen molar-refractivity contribution in [3.8, 4) is 16.3 Å². The van der Waals surface area contributed by atoms with Gasteiger partial charge in [0.1, 0.15) is 24.0 Å². The molecule has 0 bridgehead atoms. The molecule has 0 saturated heterocycles. The van der Waals surface area contributed by atoms with E-state index in [9.17, 15) is 4.79 Å². The molecule has 1 heterocycles. The highest BCUT2D eigenvalue weighted by molar-refractivity contribution is 7.21. The van der Waals surface area contributed by atoms with Crippen LogP contribution in [-0.4, -0.2) is 56.1 Å². The minimum absolute atomic E-state index is 0.247. The number of carbonyl (C=O) groups is 1. The fraction of sp³-hybridized carbons (Fsp3) is 0.364. The van der Waals surface area contributed by atoms with E-state index in [4.69, 9.17) is 24.3 Å². The van der Waals surface area contributed by atoms with Crippen LogP contribution in [0.4, 0.5) is 5.69 Å². The first kappa shape index (κ1) is 23.6. The van der Waals surface area contributed by atoms with E-state index in [1.807, 2.05) is 51.2 Å². The lowest BCUT2D eigenvalue weighted by Gasteiger charge is -2.07. The van der Waals surface area contributed by atoms with Gasteiger partial charge in [0.15, 0.2) is 0 Å². The van der Waals surface area contributed by atoms with E-state index in [0.717, 1.165) is 32.2 Å². The molecule has 0 amide bonds. The lowest BCUT2D eigenvalue weighted by atomic mass is 10.2. The second-order valence-electron chi connectivity index (χ2n) is 5.88. The van der Waals surface area contributed by atoms with Crippen molar-refractivity contribution in [3.05, 3.63) is 42.5 Å². The van der Waals surface area contributed by atoms with E-state index in [1.165, 1.54) is 0 Å². The van der Waals surface area contributed by atoms with E-state index in [1.54, 1.807) is 11.3 Å². The van der Waals surface area contributed by atoms with Crippen LogP contribution in [0.25, 0.3) is 20.8 Å². The van der Waals surface area contributed by atoms with Crippen LogP contribution in [-0.2, 0) is 14.3 Å². The number of hydrogen-bond donors (Lipinski definition) is 2. The summed E-state index contributed by atoms with van der Waals surface area (Å²) in [5.41, 5.74) is 3.09. The van der Waals surface area contributed by atoms with Gasteiger partial charge in [0.2, 0.25) is 0 Å². The molecule has 0 atom stereocenters. The largest absolute Gasteiger partial charge is 0.491 e. The number of nitrogens with one attached hydrogen (secondary N) is 1. The van der Waals surface area contributed by atoms with Gasteiger partial charge in [0, 0.05) is 18.3 Å². The Balaban J connectivity index is 0.00000155. The number of aliphatic carboxylic acids is 1. The first-order valence-corrected chi connectivity index (χ1v) is 10.7. The molecule has 0 aliphatic carbocycles. The van der Waals surface area contributed by atoms with Gasteiger partial charge >= 0.3 is 5.97 Å². The molecular weight excluding hydrogens is 404 g/mol. The summed E-state index contributed by atoms with van der Waals surface area (Å²) in [5.74, 6) is -0.223. The standard InChI is InChI=1S/C20H22N2O5S.C2H6/c1-21-15-4-2-14(3-5-15)20-22-17-7-6-16(12-18(17)28-20)27-11-10-25-8-9-26-13-19(23)24;1-2/h2-7,12,21H,8-11,13H2,1H3,(H,23,24);1-2H3. The van der Waals surface area contributed by atoms with Crippen LogP contribution in [0, 0.1) is 0 Å². The van der Waals surface area contributed by atoms with Gasteiger partial charge in [-0.05, 0) is 42.5 Å². The molecule has 0 aliphatic rings. The van der Waals surface area contributed by atoms with Crippen LogP contribution < -0.4 is 10.1 Å². The maximum absolute atomic E-state index is 10.3. The Labute approximate surface area is 180 Å². The molecule has 0 radical (unpaired) electrons. The fourth-order valence-corrected chi connectivity index (χ4v) is 3.50. The number of thiazole rings is 1. The zero-order valence-electron chi connectivity index (χ0n) is 17.5. The summed E-state index contributed by atoms with van der Waals surface area (Å²) in [7, 11) is 1.90. The number of nitrogens with zero attached hydrogens (tertiary/aromatic N) is 1. The number of hydrogen-bond acceptors (Lipinski definition) is 7. The van der Waals surface area contributed by atoms with Crippen molar-refractivity contribution in [1.82, 2.24) is 4.98 Å². The predicted molar refractivity (Wildman–Crippen MR) is 121 cm³/mol. The van der Waals surface area contributed by atoms with Crippen molar-refractivity contribution in [1.29, 1.82) is 0 Å². The van der Waals surface area contributed by atoms with E-state index in [0.29, 0.717) is 19.8 Å². The number of carboxylic acid groups (broad SMARTS) is 1. The number of carboxylic acids is 1. The molecule has 0 unspecified atom stereocenters. The van der Waals surface area contributed by atoms with Crippen molar-refractivity contribution >= 4 is 33.2 Å². The SMILES string of the molecule is CC.CNc1ccc(-c2nc3ccc(OCCOCCOCC(=O)O)cc3s2)cc1. The molecule has 3 aromatic rings. The minimum Gasteiger partial charge on any atom is -0.491 e. The molecule has 0 fully saturated rings. The summed E-state index contributed by atoms with van der Waals surface area (Å²) in [6.45, 7) is 5.08. The molecule has 162 valence electrons. The van der Waals surface area contributed by atoms with Gasteiger partial charge in [-0.2, -0.15) is 0 Å². The van der Waals surface area contributed by atoms with Crippen LogP contribution in [0.2, 0.25) is 0 Å². The molecule has 3 rings (SSSR count). The van der Waals surface area contributed by atoms with Crippen LogP contribution in [0.15, 0.2) is 42.5 Å². The smallest absolute Gasteiger partial charge is 0.329 e. The fourth-order valence-electron chi connectivity index (χ4n) is 2.50. The number of ether oxygens (including phenoxy) is 3. The van der Waals surface area contributed by atoms with Gasteiger partial charge in [0.25, 0.3) is 0 Å². The monoisotopic (exact) mass is 432 g/mol. The second-order valence-corrected chi connectivity index (χ2v) is 6.91. The van der Waals surface area contributed by atoms with E-state index < -0.39 is 5.97 Å². The van der Waals surface area contributed by atoms with Gasteiger partial charge in [-0.1, -0.05) is 13.8 Å². The predicted octanol–water partition coefficient (Wildman–Crippen LogP) is 4.53. The Morgan fingerprint density at radius 2 is 1.73 bits per heavy atom. The molecule has 1 aromatic heterocycles. The highest BCUT2D eigenvalue weighted by Gasteiger charge is 2.08. The third kappa shape index (κ3) is 7.29. The summed E-state index contributed by atoms with van der Waals surface area (Å²) in [4.78, 5) is 15.0. The third-order valence-electron chi connectivity index (χ3n) is 3.87. The minimum atomic E-state index is -0.986. The topological polar surface area (TPSA) is 89.9 Å². The molecule has 7 nitrogen and oxygen atoms in total. The molecule has 2 N–H and O–H groups in total. The summed E-state index contributed by atoms with van der Waals surface area (Å²) < 4.78 is 17.0. The van der Waals surface area contributed by atoms with Crippen LogP contribution in [0.3, 0.4) is 0 Å². The highest BCUT2D eigenvalue weighted by atomic mass is 32.1. The number of aromatic nitrogens is 1. The lowest BCUT2D eigenvalue weighted by molar-refractivity contribution is -0.142.